The standard InChI is InChI=1S/C19H26N4O2.HI/c1-3-20-19(22-12-10-16-7-4-5-11-21-16)23-13-14-25-18-9-6-8-17(15-18)24-2;/h4-9,11,15H,3,10,12-14H2,1-2H3,(H2,20,22,23);1H. The minimum Gasteiger partial charge on any atom is -0.497 e. The number of ether oxygens (including phenoxy) is 2. The van der Waals surface area contributed by atoms with Gasteiger partial charge in [0.05, 0.1) is 13.7 Å². The summed E-state index contributed by atoms with van der Waals surface area (Å²) in [5.41, 5.74) is 1.04. The molecule has 0 bridgehead atoms. The molecule has 2 aromatic rings. The Balaban J connectivity index is 0.00000338. The maximum Gasteiger partial charge on any atom is 0.191 e. The van der Waals surface area contributed by atoms with Crippen LogP contribution in [0, 0.1) is 0 Å². The average molecular weight is 470 g/mol. The predicted octanol–water partition coefficient (Wildman–Crippen LogP) is 2.88. The van der Waals surface area contributed by atoms with Crippen molar-refractivity contribution in [1.82, 2.24) is 15.6 Å². The quantitative estimate of drug-likeness (QED) is 0.256. The Morgan fingerprint density at radius 1 is 1.12 bits per heavy atom. The average Bonchev–Trinajstić information content (AvgIpc) is 2.66. The number of methoxy groups -OCH3 is 1. The van der Waals surface area contributed by atoms with Crippen molar-refractivity contribution in [3.8, 4) is 11.5 Å². The van der Waals surface area contributed by atoms with Crippen LogP contribution in [0.1, 0.15) is 12.6 Å². The Morgan fingerprint density at radius 2 is 1.96 bits per heavy atom. The number of aliphatic imine (C=N–C) groups is 1. The number of halogens is 1. The van der Waals surface area contributed by atoms with Gasteiger partial charge in [-0.3, -0.25) is 9.98 Å². The van der Waals surface area contributed by atoms with Crippen molar-refractivity contribution in [3.05, 3.63) is 54.4 Å². The minimum absolute atomic E-state index is 0. The van der Waals surface area contributed by atoms with E-state index in [9.17, 15) is 0 Å². The molecule has 142 valence electrons. The second-order valence-electron chi connectivity index (χ2n) is 5.29. The fraction of sp³-hybridized carbons (Fsp3) is 0.368. The molecule has 1 aromatic carbocycles. The lowest BCUT2D eigenvalue weighted by Crippen LogP contribution is -2.39. The summed E-state index contributed by atoms with van der Waals surface area (Å²) in [7, 11) is 1.64. The van der Waals surface area contributed by atoms with E-state index < -0.39 is 0 Å². The van der Waals surface area contributed by atoms with Crippen LogP contribution in [-0.4, -0.2) is 44.3 Å². The number of guanidine groups is 1. The van der Waals surface area contributed by atoms with Crippen molar-refractivity contribution in [1.29, 1.82) is 0 Å². The predicted molar refractivity (Wildman–Crippen MR) is 116 cm³/mol. The molecule has 26 heavy (non-hydrogen) atoms. The van der Waals surface area contributed by atoms with Crippen LogP contribution in [-0.2, 0) is 6.42 Å². The van der Waals surface area contributed by atoms with Crippen molar-refractivity contribution in [3.63, 3.8) is 0 Å². The fourth-order valence-electron chi connectivity index (χ4n) is 2.20. The number of nitrogens with one attached hydrogen (secondary N) is 2. The lowest BCUT2D eigenvalue weighted by atomic mass is 10.3. The summed E-state index contributed by atoms with van der Waals surface area (Å²) in [5, 5.41) is 6.50. The van der Waals surface area contributed by atoms with Crippen LogP contribution in [0.3, 0.4) is 0 Å². The lowest BCUT2D eigenvalue weighted by molar-refractivity contribution is 0.319. The van der Waals surface area contributed by atoms with Gasteiger partial charge >= 0.3 is 0 Å². The highest BCUT2D eigenvalue weighted by atomic mass is 127. The van der Waals surface area contributed by atoms with Crippen molar-refractivity contribution in [2.75, 3.05) is 33.4 Å². The van der Waals surface area contributed by atoms with Gasteiger partial charge in [-0.15, -0.1) is 24.0 Å². The number of nitrogens with zero attached hydrogens (tertiary/aromatic N) is 2. The molecule has 0 unspecified atom stereocenters. The van der Waals surface area contributed by atoms with E-state index in [0.717, 1.165) is 36.1 Å². The monoisotopic (exact) mass is 470 g/mol. The SMILES string of the molecule is CCNC(=NCCc1ccccn1)NCCOc1cccc(OC)c1.I. The number of hydrogen-bond donors (Lipinski definition) is 2. The smallest absolute Gasteiger partial charge is 0.191 e. The summed E-state index contributed by atoms with van der Waals surface area (Å²) in [6.07, 6.45) is 2.62. The molecule has 6 nitrogen and oxygen atoms in total. The molecule has 1 heterocycles. The molecule has 0 fully saturated rings. The number of aromatic nitrogens is 1. The summed E-state index contributed by atoms with van der Waals surface area (Å²) in [6, 6.07) is 13.5. The van der Waals surface area contributed by atoms with E-state index in [4.69, 9.17) is 9.47 Å². The van der Waals surface area contributed by atoms with Gasteiger partial charge in [0.15, 0.2) is 5.96 Å². The lowest BCUT2D eigenvalue weighted by Gasteiger charge is -2.12. The van der Waals surface area contributed by atoms with Crippen LogP contribution in [0.4, 0.5) is 0 Å². The number of rotatable bonds is 9. The summed E-state index contributed by atoms with van der Waals surface area (Å²) < 4.78 is 10.9. The van der Waals surface area contributed by atoms with E-state index in [0.29, 0.717) is 19.7 Å². The van der Waals surface area contributed by atoms with E-state index in [-0.39, 0.29) is 24.0 Å². The first-order valence-corrected chi connectivity index (χ1v) is 8.50. The molecule has 0 amide bonds. The Kier molecular flexibility index (Phi) is 11.2. The van der Waals surface area contributed by atoms with E-state index in [1.54, 1.807) is 13.3 Å². The summed E-state index contributed by atoms with van der Waals surface area (Å²) in [5.74, 6) is 2.36. The summed E-state index contributed by atoms with van der Waals surface area (Å²) >= 11 is 0. The zero-order valence-electron chi connectivity index (χ0n) is 15.3. The third-order valence-electron chi connectivity index (χ3n) is 3.41. The van der Waals surface area contributed by atoms with Crippen LogP contribution < -0.4 is 20.1 Å². The van der Waals surface area contributed by atoms with Gasteiger partial charge in [0.1, 0.15) is 18.1 Å². The Morgan fingerprint density at radius 3 is 2.69 bits per heavy atom. The van der Waals surface area contributed by atoms with Gasteiger partial charge in [0.25, 0.3) is 0 Å². The Bertz CT molecular complexity index is 653. The first-order chi connectivity index (χ1) is 12.3. The van der Waals surface area contributed by atoms with Gasteiger partial charge in [-0.1, -0.05) is 12.1 Å². The number of pyridine rings is 1. The van der Waals surface area contributed by atoms with Gasteiger partial charge in [0, 0.05) is 37.5 Å². The molecule has 2 rings (SSSR count). The van der Waals surface area contributed by atoms with E-state index in [2.05, 4.69) is 20.6 Å². The zero-order chi connectivity index (χ0) is 17.7. The number of hydrogen-bond acceptors (Lipinski definition) is 4. The van der Waals surface area contributed by atoms with Crippen molar-refractivity contribution < 1.29 is 9.47 Å². The largest absolute Gasteiger partial charge is 0.497 e. The molecule has 0 aliphatic heterocycles. The second-order valence-corrected chi connectivity index (χ2v) is 5.29. The summed E-state index contributed by atoms with van der Waals surface area (Å²) in [4.78, 5) is 8.86. The third kappa shape index (κ3) is 8.37. The molecule has 1 aromatic heterocycles. The third-order valence-corrected chi connectivity index (χ3v) is 3.41. The Labute approximate surface area is 172 Å². The van der Waals surface area contributed by atoms with Gasteiger partial charge in [-0.2, -0.15) is 0 Å². The molecule has 0 spiro atoms. The highest BCUT2D eigenvalue weighted by Gasteiger charge is 1.99. The van der Waals surface area contributed by atoms with Crippen molar-refractivity contribution >= 4 is 29.9 Å². The van der Waals surface area contributed by atoms with E-state index in [1.165, 1.54) is 0 Å². The van der Waals surface area contributed by atoms with Crippen LogP contribution in [0.5, 0.6) is 11.5 Å². The van der Waals surface area contributed by atoms with Gasteiger partial charge in [-0.25, -0.2) is 0 Å². The second kappa shape index (κ2) is 13.2. The highest BCUT2D eigenvalue weighted by molar-refractivity contribution is 14.0. The zero-order valence-corrected chi connectivity index (χ0v) is 17.6. The molecular formula is C19H27IN4O2. The van der Waals surface area contributed by atoms with Gasteiger partial charge in [0.2, 0.25) is 0 Å². The van der Waals surface area contributed by atoms with Crippen LogP contribution in [0.25, 0.3) is 0 Å². The maximum atomic E-state index is 5.72. The number of benzene rings is 1. The Hall–Kier alpha value is -2.03. The van der Waals surface area contributed by atoms with Crippen LogP contribution in [0.15, 0.2) is 53.7 Å². The van der Waals surface area contributed by atoms with Crippen LogP contribution >= 0.6 is 24.0 Å². The maximum absolute atomic E-state index is 5.72. The molecule has 7 heteroatoms. The molecule has 0 aliphatic carbocycles. The van der Waals surface area contributed by atoms with E-state index >= 15 is 0 Å². The normalized spacial score (nSPS) is 10.6. The minimum atomic E-state index is 0. The molecule has 0 saturated carbocycles. The molecule has 0 saturated heterocycles. The van der Waals surface area contributed by atoms with Crippen molar-refractivity contribution in [2.24, 2.45) is 4.99 Å². The molecule has 0 aliphatic rings. The van der Waals surface area contributed by atoms with E-state index in [1.807, 2.05) is 49.4 Å². The first-order valence-electron chi connectivity index (χ1n) is 8.50. The first kappa shape index (κ1) is 22.0. The molecule has 0 radical (unpaired) electrons. The molecule has 0 atom stereocenters. The summed E-state index contributed by atoms with van der Waals surface area (Å²) in [6.45, 7) is 4.74. The highest BCUT2D eigenvalue weighted by Crippen LogP contribution is 2.18. The fourth-order valence-corrected chi connectivity index (χ4v) is 2.20. The van der Waals surface area contributed by atoms with Crippen LogP contribution in [0.2, 0.25) is 0 Å². The molecular weight excluding hydrogens is 443 g/mol. The topological polar surface area (TPSA) is 67.8 Å². The van der Waals surface area contributed by atoms with Gasteiger partial charge in [-0.05, 0) is 31.2 Å². The van der Waals surface area contributed by atoms with Gasteiger partial charge < -0.3 is 20.1 Å². The van der Waals surface area contributed by atoms with Crippen molar-refractivity contribution in [2.45, 2.75) is 13.3 Å². The molecule has 2 N–H and O–H groups in total.